The molecule has 172 valence electrons. The zero-order valence-electron chi connectivity index (χ0n) is 18.7. The van der Waals surface area contributed by atoms with Crippen LogP contribution in [0.15, 0.2) is 48.7 Å². The molecule has 2 amide bonds. The molecule has 11 nitrogen and oxygen atoms in total. The molecule has 0 saturated carbocycles. The first kappa shape index (κ1) is 21.3. The van der Waals surface area contributed by atoms with Crippen molar-refractivity contribution in [2.75, 3.05) is 37.4 Å². The molecular weight excluding hydrogens is 434 g/mol. The maximum atomic E-state index is 12.4. The highest BCUT2D eigenvalue weighted by Gasteiger charge is 2.33. The van der Waals surface area contributed by atoms with Gasteiger partial charge in [0.25, 0.3) is 5.91 Å². The van der Waals surface area contributed by atoms with E-state index < -0.39 is 0 Å². The van der Waals surface area contributed by atoms with Gasteiger partial charge in [-0.15, -0.1) is 0 Å². The molecule has 1 aliphatic heterocycles. The monoisotopic (exact) mass is 457 g/mol. The predicted molar refractivity (Wildman–Crippen MR) is 128 cm³/mol. The third-order valence-corrected chi connectivity index (χ3v) is 5.69. The normalized spacial score (nSPS) is 13.5. The minimum atomic E-state index is -0.339. The summed E-state index contributed by atoms with van der Waals surface area (Å²) in [6.45, 7) is 0.891. The molecule has 0 bridgehead atoms. The number of benzene rings is 2. The lowest BCUT2D eigenvalue weighted by atomic mass is 10.0. The van der Waals surface area contributed by atoms with Crippen LogP contribution >= 0.6 is 0 Å². The van der Waals surface area contributed by atoms with Crippen molar-refractivity contribution >= 4 is 40.3 Å². The summed E-state index contributed by atoms with van der Waals surface area (Å²) in [5.41, 5.74) is 8.29. The topological polar surface area (TPSA) is 146 Å². The van der Waals surface area contributed by atoms with Crippen molar-refractivity contribution < 1.29 is 9.59 Å². The minimum absolute atomic E-state index is 0.106. The Morgan fingerprint density at radius 2 is 1.91 bits per heavy atom. The minimum Gasteiger partial charge on any atom is -0.369 e. The molecule has 0 unspecified atom stereocenters. The molecule has 11 heteroatoms. The van der Waals surface area contributed by atoms with E-state index in [0.29, 0.717) is 42.1 Å². The van der Waals surface area contributed by atoms with Gasteiger partial charge in [-0.1, -0.05) is 18.2 Å². The molecule has 2 aromatic carbocycles. The van der Waals surface area contributed by atoms with E-state index in [1.807, 2.05) is 29.2 Å². The van der Waals surface area contributed by atoms with Gasteiger partial charge in [0.05, 0.1) is 17.6 Å². The molecule has 4 N–H and O–H groups in total. The van der Waals surface area contributed by atoms with Crippen LogP contribution in [0.5, 0.6) is 0 Å². The zero-order valence-corrected chi connectivity index (χ0v) is 18.7. The third kappa shape index (κ3) is 3.98. The SMILES string of the molecule is CN(C)C(=O)c1cccc(Nc2nc(-c3cccc4[nH]ncc34)nc(N3CC(C(N)=O)C3)n2)c1. The molecule has 34 heavy (non-hydrogen) atoms. The number of H-pyrrole nitrogens is 1. The van der Waals surface area contributed by atoms with Crippen molar-refractivity contribution in [2.45, 2.75) is 0 Å². The highest BCUT2D eigenvalue weighted by Crippen LogP contribution is 2.29. The maximum absolute atomic E-state index is 12.4. The van der Waals surface area contributed by atoms with Crippen LogP contribution in [0.1, 0.15) is 10.4 Å². The number of primary amides is 1. The summed E-state index contributed by atoms with van der Waals surface area (Å²) in [5, 5.41) is 11.1. The fourth-order valence-corrected chi connectivity index (χ4v) is 3.78. The largest absolute Gasteiger partial charge is 0.369 e. The van der Waals surface area contributed by atoms with Crippen LogP contribution in [-0.4, -0.2) is 69.0 Å². The Balaban J connectivity index is 1.53. The number of aromatic nitrogens is 5. The molecule has 1 aliphatic rings. The summed E-state index contributed by atoms with van der Waals surface area (Å²) in [6.07, 6.45) is 1.73. The molecule has 3 heterocycles. The van der Waals surface area contributed by atoms with E-state index in [1.165, 1.54) is 4.90 Å². The summed E-state index contributed by atoms with van der Waals surface area (Å²) in [7, 11) is 3.41. The lowest BCUT2D eigenvalue weighted by Gasteiger charge is -2.37. The van der Waals surface area contributed by atoms with E-state index in [-0.39, 0.29) is 17.7 Å². The summed E-state index contributed by atoms with van der Waals surface area (Å²) < 4.78 is 0. The smallest absolute Gasteiger partial charge is 0.253 e. The number of hydrogen-bond donors (Lipinski definition) is 3. The number of carbonyl (C=O) groups excluding carboxylic acids is 2. The summed E-state index contributed by atoms with van der Waals surface area (Å²) in [6, 6.07) is 12.9. The van der Waals surface area contributed by atoms with Gasteiger partial charge < -0.3 is 20.9 Å². The maximum Gasteiger partial charge on any atom is 0.253 e. The molecule has 1 fully saturated rings. The molecule has 0 spiro atoms. The Morgan fingerprint density at radius 1 is 1.12 bits per heavy atom. The average molecular weight is 457 g/mol. The first-order chi connectivity index (χ1) is 16.4. The number of anilines is 3. The number of carbonyl (C=O) groups is 2. The molecular formula is C23H23N9O2. The van der Waals surface area contributed by atoms with Gasteiger partial charge in [0.2, 0.25) is 17.8 Å². The second-order valence-electron chi connectivity index (χ2n) is 8.33. The molecule has 1 saturated heterocycles. The third-order valence-electron chi connectivity index (χ3n) is 5.69. The highest BCUT2D eigenvalue weighted by molar-refractivity contribution is 5.95. The van der Waals surface area contributed by atoms with Crippen LogP contribution in [0.4, 0.5) is 17.6 Å². The molecule has 0 atom stereocenters. The Hall–Kier alpha value is -4.54. The number of hydrogen-bond acceptors (Lipinski definition) is 8. The number of nitrogens with one attached hydrogen (secondary N) is 2. The molecule has 0 aliphatic carbocycles. The van der Waals surface area contributed by atoms with Crippen LogP contribution in [0.2, 0.25) is 0 Å². The van der Waals surface area contributed by atoms with Crippen molar-refractivity contribution in [1.29, 1.82) is 0 Å². The van der Waals surface area contributed by atoms with E-state index in [9.17, 15) is 9.59 Å². The van der Waals surface area contributed by atoms with E-state index in [2.05, 4.69) is 30.5 Å². The highest BCUT2D eigenvalue weighted by atomic mass is 16.2. The molecule has 2 aromatic heterocycles. The second kappa shape index (κ2) is 8.43. The molecule has 0 radical (unpaired) electrons. The van der Waals surface area contributed by atoms with Gasteiger partial charge in [-0.25, -0.2) is 0 Å². The van der Waals surface area contributed by atoms with Gasteiger partial charge in [-0.3, -0.25) is 14.7 Å². The van der Waals surface area contributed by atoms with E-state index in [4.69, 9.17) is 5.73 Å². The number of nitrogens with two attached hydrogens (primary N) is 1. The summed E-state index contributed by atoms with van der Waals surface area (Å²) in [4.78, 5) is 41.1. The summed E-state index contributed by atoms with van der Waals surface area (Å²) in [5.74, 6) is 0.536. The van der Waals surface area contributed by atoms with Crippen LogP contribution in [0.25, 0.3) is 22.3 Å². The Bertz CT molecular complexity index is 1390. The standard InChI is InChI=1S/C23H23N9O2/c1-31(2)21(34)13-5-3-6-15(9-13)26-22-27-20(16-7-4-8-18-17(16)10-25-30-18)28-23(29-22)32-11-14(12-32)19(24)33/h3-10,14H,11-12H2,1-2H3,(H2,24,33)(H,25,30)(H,26,27,28,29). The quantitative estimate of drug-likeness (QED) is 0.397. The van der Waals surface area contributed by atoms with Gasteiger partial charge in [-0.05, 0) is 24.3 Å². The van der Waals surface area contributed by atoms with Crippen molar-refractivity contribution in [1.82, 2.24) is 30.0 Å². The second-order valence-corrected chi connectivity index (χ2v) is 8.33. The van der Waals surface area contributed by atoms with Crippen molar-refractivity contribution in [3.63, 3.8) is 0 Å². The first-order valence-electron chi connectivity index (χ1n) is 10.7. The van der Waals surface area contributed by atoms with E-state index in [0.717, 1.165) is 16.5 Å². The van der Waals surface area contributed by atoms with Gasteiger partial charge in [0.15, 0.2) is 5.82 Å². The van der Waals surface area contributed by atoms with E-state index >= 15 is 0 Å². The van der Waals surface area contributed by atoms with Crippen molar-refractivity contribution in [3.8, 4) is 11.4 Å². The lowest BCUT2D eigenvalue weighted by Crippen LogP contribution is -2.53. The molecule has 5 rings (SSSR count). The first-order valence-corrected chi connectivity index (χ1v) is 10.7. The Labute approximate surface area is 195 Å². The van der Waals surface area contributed by atoms with Crippen LogP contribution in [0.3, 0.4) is 0 Å². The fraction of sp³-hybridized carbons (Fsp3) is 0.217. The number of amides is 2. The fourth-order valence-electron chi connectivity index (χ4n) is 3.78. The predicted octanol–water partition coefficient (Wildman–Crippen LogP) is 1.78. The Kier molecular flexibility index (Phi) is 5.28. The van der Waals surface area contributed by atoms with Gasteiger partial charge in [-0.2, -0.15) is 20.1 Å². The van der Waals surface area contributed by atoms with Gasteiger partial charge in [0.1, 0.15) is 0 Å². The van der Waals surface area contributed by atoms with Crippen molar-refractivity contribution in [2.24, 2.45) is 11.7 Å². The van der Waals surface area contributed by atoms with Crippen molar-refractivity contribution in [3.05, 3.63) is 54.2 Å². The van der Waals surface area contributed by atoms with Gasteiger partial charge in [0, 0.05) is 49.4 Å². The zero-order chi connectivity index (χ0) is 23.8. The molecule has 4 aromatic rings. The van der Waals surface area contributed by atoms with E-state index in [1.54, 1.807) is 38.5 Å². The van der Waals surface area contributed by atoms with Crippen LogP contribution in [-0.2, 0) is 4.79 Å². The van der Waals surface area contributed by atoms with Crippen LogP contribution in [0, 0.1) is 5.92 Å². The Morgan fingerprint density at radius 3 is 2.68 bits per heavy atom. The lowest BCUT2D eigenvalue weighted by molar-refractivity contribution is -0.122. The number of aromatic amines is 1. The van der Waals surface area contributed by atoms with Gasteiger partial charge >= 0.3 is 0 Å². The number of nitrogens with zero attached hydrogens (tertiary/aromatic N) is 6. The number of fused-ring (bicyclic) bond motifs is 1. The van der Waals surface area contributed by atoms with Crippen LogP contribution < -0.4 is 16.0 Å². The summed E-state index contributed by atoms with van der Waals surface area (Å²) >= 11 is 0. The average Bonchev–Trinajstić information content (AvgIpc) is 3.26. The number of rotatable bonds is 6.